The number of nitrogens with zero attached hydrogens (tertiary/aromatic N) is 4. The second-order valence-electron chi connectivity index (χ2n) is 8.38. The van der Waals surface area contributed by atoms with E-state index in [4.69, 9.17) is 0 Å². The first-order chi connectivity index (χ1) is 16.7. The minimum Gasteiger partial charge on any atom is -0.267 e. The van der Waals surface area contributed by atoms with Gasteiger partial charge in [0, 0.05) is 0 Å². The van der Waals surface area contributed by atoms with Crippen LogP contribution in [0.1, 0.15) is 20.7 Å². The van der Waals surface area contributed by atoms with Crippen LogP contribution < -0.4 is 20.7 Å². The third-order valence-electron chi connectivity index (χ3n) is 6.33. The Morgan fingerprint density at radius 2 is 0.882 bits per heavy atom. The summed E-state index contributed by atoms with van der Waals surface area (Å²) >= 11 is 0. The third-order valence-corrected chi connectivity index (χ3v) is 6.33. The third kappa shape index (κ3) is 2.69. The SMILES string of the molecule is O=C1c2cc3c(cc2=NN1c1ccc2ccccc2c1)C(=O)N(c1ccc2ccccc2c1)N=3. The monoisotopic (exact) mass is 440 g/mol. The first-order valence-electron chi connectivity index (χ1n) is 10.9. The molecule has 2 aliphatic rings. The van der Waals surface area contributed by atoms with Crippen LogP contribution in [0.4, 0.5) is 11.4 Å². The van der Waals surface area contributed by atoms with Gasteiger partial charge in [0.05, 0.1) is 33.2 Å². The maximum absolute atomic E-state index is 13.2. The molecular formula is C28H16N4O2. The highest BCUT2D eigenvalue weighted by Gasteiger charge is 2.31. The molecule has 0 aliphatic carbocycles. The van der Waals surface area contributed by atoms with Crippen LogP contribution in [0.5, 0.6) is 0 Å². The predicted octanol–water partition coefficient (Wildman–Crippen LogP) is 4.38. The summed E-state index contributed by atoms with van der Waals surface area (Å²) in [6, 6.07) is 30.8. The van der Waals surface area contributed by atoms with Gasteiger partial charge in [-0.2, -0.15) is 20.2 Å². The highest BCUT2D eigenvalue weighted by Crippen LogP contribution is 2.27. The average Bonchev–Trinajstić information content (AvgIpc) is 3.38. The van der Waals surface area contributed by atoms with E-state index in [2.05, 4.69) is 10.2 Å². The summed E-state index contributed by atoms with van der Waals surface area (Å²) in [7, 11) is 0. The van der Waals surface area contributed by atoms with E-state index in [1.165, 1.54) is 10.0 Å². The Kier molecular flexibility index (Phi) is 3.76. The maximum Gasteiger partial charge on any atom is 0.281 e. The van der Waals surface area contributed by atoms with Crippen molar-refractivity contribution in [3.05, 3.63) is 119 Å². The molecule has 0 fully saturated rings. The van der Waals surface area contributed by atoms with Crippen molar-refractivity contribution in [3.63, 3.8) is 0 Å². The number of amides is 2. The molecule has 6 nitrogen and oxygen atoms in total. The van der Waals surface area contributed by atoms with Crippen molar-refractivity contribution in [1.29, 1.82) is 0 Å². The van der Waals surface area contributed by atoms with Crippen molar-refractivity contribution in [2.75, 3.05) is 10.0 Å². The van der Waals surface area contributed by atoms with Gasteiger partial charge in [-0.15, -0.1) is 0 Å². The molecule has 6 heteroatoms. The summed E-state index contributed by atoms with van der Waals surface area (Å²) in [5.41, 5.74) is 2.23. The molecule has 160 valence electrons. The van der Waals surface area contributed by atoms with E-state index in [1.54, 1.807) is 12.1 Å². The van der Waals surface area contributed by atoms with Gasteiger partial charge in [0.15, 0.2) is 0 Å². The Morgan fingerprint density at radius 1 is 0.471 bits per heavy atom. The number of rotatable bonds is 2. The molecule has 5 aromatic carbocycles. The first-order valence-corrected chi connectivity index (χ1v) is 10.9. The zero-order valence-electron chi connectivity index (χ0n) is 17.8. The molecule has 0 unspecified atom stereocenters. The largest absolute Gasteiger partial charge is 0.281 e. The van der Waals surface area contributed by atoms with Gasteiger partial charge in [-0.25, -0.2) is 0 Å². The molecule has 0 spiro atoms. The lowest BCUT2D eigenvalue weighted by Crippen LogP contribution is -2.24. The molecule has 0 atom stereocenters. The predicted molar refractivity (Wildman–Crippen MR) is 130 cm³/mol. The average molecular weight is 440 g/mol. The van der Waals surface area contributed by atoms with Crippen LogP contribution >= 0.6 is 0 Å². The van der Waals surface area contributed by atoms with Gasteiger partial charge in [0.25, 0.3) is 11.8 Å². The van der Waals surface area contributed by atoms with Gasteiger partial charge in [0.2, 0.25) is 0 Å². The molecule has 0 bridgehead atoms. The molecule has 2 heterocycles. The lowest BCUT2D eigenvalue weighted by Gasteiger charge is -2.13. The quantitative estimate of drug-likeness (QED) is 0.409. The standard InChI is InChI=1S/C28H16N4O2/c33-27-23-15-26-24(28(34)32(30-26)22-12-10-18-6-2-4-8-20(18)14-22)16-25(23)29-31(27)21-11-9-17-5-1-3-7-19(17)13-21/h1-16H. The topological polar surface area (TPSA) is 65.3 Å². The zero-order valence-corrected chi connectivity index (χ0v) is 17.8. The molecule has 0 N–H and O–H groups in total. The molecular weight excluding hydrogens is 424 g/mol. The van der Waals surface area contributed by atoms with Gasteiger partial charge >= 0.3 is 0 Å². The van der Waals surface area contributed by atoms with E-state index in [-0.39, 0.29) is 11.8 Å². The number of anilines is 2. The van der Waals surface area contributed by atoms with Crippen LogP contribution in [0.25, 0.3) is 21.5 Å². The van der Waals surface area contributed by atoms with Crippen molar-refractivity contribution in [3.8, 4) is 0 Å². The minimum absolute atomic E-state index is 0.236. The second-order valence-corrected chi connectivity index (χ2v) is 8.38. The Bertz CT molecular complexity index is 1690. The van der Waals surface area contributed by atoms with E-state index in [0.717, 1.165) is 21.5 Å². The summed E-state index contributed by atoms with van der Waals surface area (Å²) in [4.78, 5) is 26.4. The zero-order chi connectivity index (χ0) is 22.8. The Labute approximate surface area is 193 Å². The molecule has 0 saturated carbocycles. The van der Waals surface area contributed by atoms with Crippen LogP contribution in [0.15, 0.2) is 107 Å². The molecule has 34 heavy (non-hydrogen) atoms. The van der Waals surface area contributed by atoms with Gasteiger partial charge in [-0.05, 0) is 57.9 Å². The van der Waals surface area contributed by atoms with Gasteiger partial charge in [0.1, 0.15) is 0 Å². The summed E-state index contributed by atoms with van der Waals surface area (Å²) in [5, 5.41) is 17.0. The summed E-state index contributed by atoms with van der Waals surface area (Å²) in [6.07, 6.45) is 0. The molecule has 5 aromatic rings. The van der Waals surface area contributed by atoms with Gasteiger partial charge < -0.3 is 0 Å². The molecule has 2 aliphatic heterocycles. The fourth-order valence-electron chi connectivity index (χ4n) is 4.59. The normalized spacial score (nSPS) is 14.4. The first kappa shape index (κ1) is 18.7. The smallest absolute Gasteiger partial charge is 0.267 e. The van der Waals surface area contributed by atoms with Crippen molar-refractivity contribution < 1.29 is 9.59 Å². The highest BCUT2D eigenvalue weighted by molar-refractivity contribution is 6.11. The van der Waals surface area contributed by atoms with Crippen LogP contribution in [0, 0.1) is 0 Å². The lowest BCUT2D eigenvalue weighted by atomic mass is 10.1. The number of fused-ring (bicyclic) bond motifs is 4. The van der Waals surface area contributed by atoms with Crippen LogP contribution in [0.2, 0.25) is 0 Å². The Hall–Kier alpha value is -4.84. The number of benzene rings is 5. The lowest BCUT2D eigenvalue weighted by molar-refractivity contribution is 0.0985. The molecule has 0 radical (unpaired) electrons. The number of carbonyl (C=O) groups is 2. The highest BCUT2D eigenvalue weighted by atomic mass is 16.2. The minimum atomic E-state index is -0.236. The fraction of sp³-hybridized carbons (Fsp3) is 0. The number of carbonyl (C=O) groups excluding carboxylic acids is 2. The van der Waals surface area contributed by atoms with E-state index in [0.29, 0.717) is 33.2 Å². The van der Waals surface area contributed by atoms with Gasteiger partial charge in [-0.1, -0.05) is 60.7 Å². The Morgan fingerprint density at radius 3 is 1.32 bits per heavy atom. The summed E-state index contributed by atoms with van der Waals surface area (Å²) in [5.74, 6) is -0.472. The Balaban J connectivity index is 1.28. The van der Waals surface area contributed by atoms with E-state index in [1.807, 2.05) is 84.9 Å². The van der Waals surface area contributed by atoms with Gasteiger partial charge in [-0.3, -0.25) is 9.59 Å². The molecule has 7 rings (SSSR count). The molecule has 2 amide bonds. The van der Waals surface area contributed by atoms with Crippen molar-refractivity contribution in [1.82, 2.24) is 0 Å². The second kappa shape index (κ2) is 6.83. The van der Waals surface area contributed by atoms with Crippen LogP contribution in [0.3, 0.4) is 0 Å². The maximum atomic E-state index is 13.2. The molecule has 0 aromatic heterocycles. The number of hydrogen-bond acceptors (Lipinski definition) is 4. The molecule has 0 saturated heterocycles. The summed E-state index contributed by atoms with van der Waals surface area (Å²) in [6.45, 7) is 0. The van der Waals surface area contributed by atoms with Crippen molar-refractivity contribution in [2.24, 2.45) is 10.2 Å². The van der Waals surface area contributed by atoms with E-state index < -0.39 is 0 Å². The van der Waals surface area contributed by atoms with E-state index in [9.17, 15) is 9.59 Å². The number of hydrogen-bond donors (Lipinski definition) is 0. The van der Waals surface area contributed by atoms with Crippen molar-refractivity contribution >= 4 is 44.7 Å². The van der Waals surface area contributed by atoms with Crippen LogP contribution in [-0.4, -0.2) is 11.8 Å². The van der Waals surface area contributed by atoms with Crippen LogP contribution in [-0.2, 0) is 0 Å². The van der Waals surface area contributed by atoms with Crippen molar-refractivity contribution in [2.45, 2.75) is 0 Å². The van der Waals surface area contributed by atoms with E-state index >= 15 is 0 Å². The summed E-state index contributed by atoms with van der Waals surface area (Å²) < 4.78 is 0. The fourth-order valence-corrected chi connectivity index (χ4v) is 4.59.